The van der Waals surface area contributed by atoms with Crippen molar-refractivity contribution in [3.8, 4) is 0 Å². The van der Waals surface area contributed by atoms with Crippen molar-refractivity contribution in [2.75, 3.05) is 49.1 Å². The van der Waals surface area contributed by atoms with Gasteiger partial charge >= 0.3 is 0 Å². The highest BCUT2D eigenvalue weighted by Crippen LogP contribution is 2.49. The zero-order valence-electron chi connectivity index (χ0n) is 46.9. The Morgan fingerprint density at radius 1 is 0.704 bits per heavy atom. The fourth-order valence-corrected chi connectivity index (χ4v) is 13.1. The third-order valence-corrected chi connectivity index (χ3v) is 18.4. The van der Waals surface area contributed by atoms with E-state index in [9.17, 15) is 53.3 Å². The summed E-state index contributed by atoms with van der Waals surface area (Å²) in [5.74, 6) is -1.34. The van der Waals surface area contributed by atoms with Crippen molar-refractivity contribution in [1.29, 1.82) is 0 Å². The number of allylic oxidation sites excluding steroid dienone is 7. The van der Waals surface area contributed by atoms with Crippen molar-refractivity contribution in [3.63, 3.8) is 0 Å². The molecule has 3 amide bonds. The van der Waals surface area contributed by atoms with E-state index in [1.54, 1.807) is 6.07 Å². The zero-order valence-corrected chi connectivity index (χ0v) is 50.1. The van der Waals surface area contributed by atoms with Crippen molar-refractivity contribution >= 4 is 77.2 Å². The molecule has 2 aromatic rings. The highest BCUT2D eigenvalue weighted by Gasteiger charge is 2.45. The van der Waals surface area contributed by atoms with E-state index in [1.165, 1.54) is 29.2 Å². The quantitative estimate of drug-likeness (QED) is 0.00723. The molecular weight excluding hydrogens is 1120 g/mol. The molecule has 4 aliphatic rings. The van der Waals surface area contributed by atoms with Gasteiger partial charge in [-0.25, -0.2) is 5.26 Å². The van der Waals surface area contributed by atoms with Gasteiger partial charge in [-0.05, 0) is 131 Å². The Kier molecular flexibility index (Phi) is 23.7. The molecule has 0 saturated carbocycles. The van der Waals surface area contributed by atoms with Gasteiger partial charge in [0.05, 0.1) is 33.9 Å². The van der Waals surface area contributed by atoms with Crippen LogP contribution in [0.1, 0.15) is 154 Å². The van der Waals surface area contributed by atoms with Crippen LogP contribution in [0.5, 0.6) is 0 Å². The van der Waals surface area contributed by atoms with Crippen LogP contribution in [0.3, 0.4) is 0 Å². The molecule has 0 spiro atoms. The molecule has 20 nitrogen and oxygen atoms in total. The van der Waals surface area contributed by atoms with Crippen LogP contribution >= 0.6 is 12.0 Å². The first-order valence-corrected chi connectivity index (χ1v) is 33.3. The number of fused-ring (bicyclic) bond motifs is 2. The highest BCUT2D eigenvalue weighted by molar-refractivity contribution is 7.94. The summed E-state index contributed by atoms with van der Waals surface area (Å²) in [5, 5.41) is 19.5. The number of carbonyl (C=O) groups is 3. The summed E-state index contributed by atoms with van der Waals surface area (Å²) in [6, 6.07) is 10.2. The molecule has 24 heteroatoms. The SMILES string of the molecule is CC1(C)C(/C=C/C2=C(NCCCCCCCCCCC(=O)NCCCCN3C(=O)C=CC3=O)C(=C/C=C3/N(CCCCS(=O)(=O)O)c4ccc(S(=O)(=O)O)cc4C3(C)C)/CCC2)=[N+](CCCCS(=O)(=O)O)c2ccc(SOOO)cc21. The predicted molar refractivity (Wildman–Crippen MR) is 312 cm³/mol. The van der Waals surface area contributed by atoms with Gasteiger partial charge in [-0.3, -0.25) is 32.9 Å². The van der Waals surface area contributed by atoms with Crippen LogP contribution < -0.4 is 15.5 Å². The second-order valence-corrected chi connectivity index (χ2v) is 27.4. The predicted octanol–water partition coefficient (Wildman–Crippen LogP) is 9.60. The molecule has 2 aromatic carbocycles. The Balaban J connectivity index is 1.19. The van der Waals surface area contributed by atoms with E-state index in [-0.39, 0.29) is 41.2 Å². The summed E-state index contributed by atoms with van der Waals surface area (Å²) in [6.45, 7) is 10.6. The number of benzene rings is 2. The lowest BCUT2D eigenvalue weighted by Crippen LogP contribution is -2.31. The third kappa shape index (κ3) is 18.7. The maximum Gasteiger partial charge on any atom is 0.294 e. The Bertz CT molecular complexity index is 3130. The maximum atomic E-state index is 12.4. The van der Waals surface area contributed by atoms with E-state index in [0.29, 0.717) is 75.3 Å². The number of nitrogens with zero attached hydrogens (tertiary/aromatic N) is 3. The molecule has 0 bridgehead atoms. The molecule has 446 valence electrons. The minimum absolute atomic E-state index is 0.00749. The molecule has 0 fully saturated rings. The number of unbranched alkanes of at least 4 members (excludes halogenated alkanes) is 10. The van der Waals surface area contributed by atoms with Crippen LogP contribution in [-0.4, -0.2) is 121 Å². The van der Waals surface area contributed by atoms with Crippen molar-refractivity contribution in [3.05, 3.63) is 107 Å². The lowest BCUT2D eigenvalue weighted by Gasteiger charge is -2.28. The van der Waals surface area contributed by atoms with Crippen molar-refractivity contribution in [1.82, 2.24) is 15.5 Å². The summed E-state index contributed by atoms with van der Waals surface area (Å²) in [5.41, 5.74) is 6.94. The molecule has 0 aromatic heterocycles. The average Bonchev–Trinajstić information content (AvgIpc) is 4.15. The first-order chi connectivity index (χ1) is 38.3. The summed E-state index contributed by atoms with van der Waals surface area (Å²) in [4.78, 5) is 39.5. The number of rotatable bonds is 34. The molecule has 1 aliphatic carbocycles. The number of anilines is 1. The van der Waals surface area contributed by atoms with E-state index >= 15 is 0 Å². The van der Waals surface area contributed by atoms with Gasteiger partial charge in [-0.2, -0.15) is 29.8 Å². The van der Waals surface area contributed by atoms with Crippen molar-refractivity contribution < 1.29 is 72.5 Å². The van der Waals surface area contributed by atoms with Crippen LogP contribution in [0, 0.1) is 0 Å². The van der Waals surface area contributed by atoms with Gasteiger partial charge in [0.1, 0.15) is 6.54 Å². The lowest BCUT2D eigenvalue weighted by molar-refractivity contribution is -0.438. The fraction of sp³-hybridized carbons (Fsp3) is 0.544. The normalized spacial score (nSPS) is 18.1. The van der Waals surface area contributed by atoms with Crippen molar-refractivity contribution in [2.24, 2.45) is 0 Å². The molecule has 3 heterocycles. The summed E-state index contributed by atoms with van der Waals surface area (Å²) in [6.07, 6.45) is 24.3. The van der Waals surface area contributed by atoms with Crippen LogP contribution in [-0.2, 0) is 64.9 Å². The summed E-state index contributed by atoms with van der Waals surface area (Å²) < 4.78 is 107. The number of carbonyl (C=O) groups excluding carboxylic acids is 3. The van der Waals surface area contributed by atoms with Gasteiger partial charge in [0.15, 0.2) is 5.71 Å². The zero-order chi connectivity index (χ0) is 59.0. The topological polar surface area (TPSA) is 287 Å². The molecule has 6 N–H and O–H groups in total. The van der Waals surface area contributed by atoms with E-state index in [2.05, 4.69) is 52.3 Å². The third-order valence-electron chi connectivity index (χ3n) is 15.3. The summed E-state index contributed by atoms with van der Waals surface area (Å²) >= 11 is 0.857. The van der Waals surface area contributed by atoms with Gasteiger partial charge in [0.25, 0.3) is 42.2 Å². The van der Waals surface area contributed by atoms with E-state index < -0.39 is 46.9 Å². The van der Waals surface area contributed by atoms with Crippen LogP contribution in [0.25, 0.3) is 0 Å². The Hall–Kier alpha value is -5.02. The molecular formula is C57H80N5O15S4+. The van der Waals surface area contributed by atoms with Gasteiger partial charge in [0, 0.05) is 96.3 Å². The Labute approximate surface area is 482 Å². The molecule has 81 heavy (non-hydrogen) atoms. The molecule has 6 rings (SSSR count). The molecule has 3 aliphatic heterocycles. The fourth-order valence-electron chi connectivity index (χ4n) is 11.1. The lowest BCUT2D eigenvalue weighted by atomic mass is 9.81. The van der Waals surface area contributed by atoms with Crippen LogP contribution in [0.15, 0.2) is 105 Å². The molecule has 0 unspecified atom stereocenters. The molecule has 0 atom stereocenters. The second kappa shape index (κ2) is 29.5. The molecule has 0 radical (unpaired) electrons. The minimum atomic E-state index is -4.52. The van der Waals surface area contributed by atoms with Crippen molar-refractivity contribution in [2.45, 2.75) is 164 Å². The summed E-state index contributed by atoms with van der Waals surface area (Å²) in [7, 11) is -12.8. The standard InChI is InChI=1S/C57H79N5O15S4/c1-56(2)46-40-44(78-77-76-66)25-27-48(46)60(35-15-17-38-79(67,68)69)50(56)29-23-42-20-19-21-43(24-30-51-57(3,4)47-41-45(81(73,74)75)26-28-49(47)61(51)36-16-18-39-80(70,71)72)55(42)59-34-12-10-8-6-5-7-9-11-22-52(63)58-33-13-14-37-62-53(64)31-32-54(62)65/h23-32,40-41H,5-22,33-39H2,1-4H3,(H5,58,63,66,67,68,69,70,71,72,73,74,75)/p+1/b43-24+,51-30+. The smallest absolute Gasteiger partial charge is 0.294 e. The second-order valence-electron chi connectivity index (χ2n) is 22.0. The maximum absolute atomic E-state index is 12.4. The minimum Gasteiger partial charge on any atom is -0.385 e. The largest absolute Gasteiger partial charge is 0.385 e. The van der Waals surface area contributed by atoms with Gasteiger partial charge in [-0.15, -0.1) is 4.33 Å². The van der Waals surface area contributed by atoms with E-state index in [1.807, 2.05) is 43.0 Å². The Morgan fingerprint density at radius 2 is 1.33 bits per heavy atom. The van der Waals surface area contributed by atoms with E-state index in [4.69, 9.17) is 9.59 Å². The van der Waals surface area contributed by atoms with Gasteiger partial charge < -0.3 is 15.5 Å². The van der Waals surface area contributed by atoms with Gasteiger partial charge in [-0.1, -0.05) is 69.6 Å². The number of hydrogen-bond acceptors (Lipinski definition) is 15. The van der Waals surface area contributed by atoms with Gasteiger partial charge in [0.2, 0.25) is 11.6 Å². The van der Waals surface area contributed by atoms with E-state index in [0.717, 1.165) is 128 Å². The Morgan fingerprint density at radius 3 is 2.00 bits per heavy atom. The monoisotopic (exact) mass is 1200 g/mol. The first kappa shape index (κ1) is 65.1. The van der Waals surface area contributed by atoms with Crippen LogP contribution in [0.2, 0.25) is 0 Å². The number of nitrogens with one attached hydrogen (secondary N) is 2. The molecule has 0 saturated heterocycles. The average molecular weight is 1200 g/mol. The number of amides is 3. The number of imide groups is 1. The van der Waals surface area contributed by atoms with Crippen LogP contribution in [0.4, 0.5) is 11.4 Å². The number of hydrogen-bond donors (Lipinski definition) is 6. The highest BCUT2D eigenvalue weighted by atomic mass is 32.2. The first-order valence-electron chi connectivity index (χ1n) is 27.9.